The van der Waals surface area contributed by atoms with Crippen LogP contribution in [0.15, 0.2) is 9.27 Å². The Balaban J connectivity index is 3.18. The van der Waals surface area contributed by atoms with Crippen LogP contribution in [0.3, 0.4) is 0 Å². The highest BCUT2D eigenvalue weighted by Gasteiger charge is 2.08. The van der Waals surface area contributed by atoms with Gasteiger partial charge in [-0.25, -0.2) is 4.98 Å². The first-order chi connectivity index (χ1) is 6.60. The van der Waals surface area contributed by atoms with Crippen LogP contribution < -0.4 is 10.5 Å². The maximum absolute atomic E-state index is 11.4. The number of nitrogens with one attached hydrogen (secondary N) is 1. The Morgan fingerprint density at radius 1 is 1.43 bits per heavy atom. The highest BCUT2D eigenvalue weighted by atomic mass is 79.9. The summed E-state index contributed by atoms with van der Waals surface area (Å²) in [5.74, 6) is 0.640. The fourth-order valence-electron chi connectivity index (χ4n) is 1.23. The number of rotatable bonds is 3. The van der Waals surface area contributed by atoms with Crippen molar-refractivity contribution in [2.24, 2.45) is 0 Å². The Morgan fingerprint density at radius 3 is 2.43 bits per heavy atom. The number of aromatic amines is 1. The second-order valence-corrected chi connectivity index (χ2v) is 3.75. The molecule has 0 aliphatic rings. The van der Waals surface area contributed by atoms with Crippen molar-refractivity contribution in [3.63, 3.8) is 0 Å². The Labute approximate surface area is 91.5 Å². The molecule has 0 atom stereocenters. The number of anilines is 1. The van der Waals surface area contributed by atoms with Crippen LogP contribution >= 0.6 is 15.9 Å². The predicted octanol–water partition coefficient (Wildman–Crippen LogP) is 1.69. The molecule has 0 spiro atoms. The first kappa shape index (κ1) is 11.2. The van der Waals surface area contributed by atoms with E-state index in [0.29, 0.717) is 10.4 Å². The molecule has 0 amide bonds. The van der Waals surface area contributed by atoms with Crippen LogP contribution in [0, 0.1) is 6.92 Å². The minimum Gasteiger partial charge on any atom is -0.343 e. The molecule has 1 aromatic rings. The monoisotopic (exact) mass is 259 g/mol. The second-order valence-electron chi connectivity index (χ2n) is 2.96. The highest BCUT2D eigenvalue weighted by Crippen LogP contribution is 2.11. The molecule has 1 heterocycles. The van der Waals surface area contributed by atoms with E-state index in [1.165, 1.54) is 0 Å². The number of hydrogen-bond acceptors (Lipinski definition) is 3. The van der Waals surface area contributed by atoms with E-state index in [2.05, 4.69) is 25.9 Å². The summed E-state index contributed by atoms with van der Waals surface area (Å²) in [4.78, 5) is 20.5. The van der Waals surface area contributed by atoms with Gasteiger partial charge in [0.2, 0.25) is 5.95 Å². The molecular weight excluding hydrogens is 246 g/mol. The molecule has 14 heavy (non-hydrogen) atoms. The third kappa shape index (κ3) is 2.15. The molecule has 1 N–H and O–H groups in total. The van der Waals surface area contributed by atoms with Crippen molar-refractivity contribution >= 4 is 21.9 Å². The SMILES string of the molecule is CCN(CC)c1nc(C)c(Br)c(=O)[nH]1. The van der Waals surface area contributed by atoms with Gasteiger partial charge in [-0.2, -0.15) is 0 Å². The van der Waals surface area contributed by atoms with E-state index in [1.54, 1.807) is 0 Å². The number of hydrogen-bond donors (Lipinski definition) is 1. The van der Waals surface area contributed by atoms with Crippen molar-refractivity contribution < 1.29 is 0 Å². The molecule has 0 aliphatic heterocycles. The summed E-state index contributed by atoms with van der Waals surface area (Å²) in [5.41, 5.74) is 0.593. The normalized spacial score (nSPS) is 10.3. The molecule has 0 aliphatic carbocycles. The van der Waals surface area contributed by atoms with Crippen LogP contribution in [0.1, 0.15) is 19.5 Å². The number of halogens is 1. The van der Waals surface area contributed by atoms with Gasteiger partial charge in [-0.05, 0) is 36.7 Å². The molecule has 4 nitrogen and oxygen atoms in total. The van der Waals surface area contributed by atoms with Crippen LogP contribution in [0.4, 0.5) is 5.95 Å². The van der Waals surface area contributed by atoms with Crippen molar-refractivity contribution in [1.29, 1.82) is 0 Å². The smallest absolute Gasteiger partial charge is 0.266 e. The van der Waals surface area contributed by atoms with Gasteiger partial charge in [-0.1, -0.05) is 0 Å². The highest BCUT2D eigenvalue weighted by molar-refractivity contribution is 9.10. The Morgan fingerprint density at radius 2 is 2.00 bits per heavy atom. The summed E-state index contributed by atoms with van der Waals surface area (Å²) in [6, 6.07) is 0. The van der Waals surface area contributed by atoms with E-state index in [-0.39, 0.29) is 5.56 Å². The van der Waals surface area contributed by atoms with Gasteiger partial charge in [0.25, 0.3) is 5.56 Å². The van der Waals surface area contributed by atoms with Gasteiger partial charge < -0.3 is 4.90 Å². The minimum absolute atomic E-state index is 0.126. The summed E-state index contributed by atoms with van der Waals surface area (Å²) < 4.78 is 0.508. The third-order valence-corrected chi connectivity index (χ3v) is 3.01. The van der Waals surface area contributed by atoms with E-state index in [1.807, 2.05) is 25.7 Å². The van der Waals surface area contributed by atoms with Crippen LogP contribution in [0.25, 0.3) is 0 Å². The average molecular weight is 260 g/mol. The topological polar surface area (TPSA) is 49.0 Å². The summed E-state index contributed by atoms with van der Waals surface area (Å²) in [5, 5.41) is 0. The summed E-state index contributed by atoms with van der Waals surface area (Å²) in [6.07, 6.45) is 0. The second kappa shape index (κ2) is 4.59. The van der Waals surface area contributed by atoms with Gasteiger partial charge in [0, 0.05) is 13.1 Å². The van der Waals surface area contributed by atoms with Crippen molar-refractivity contribution in [1.82, 2.24) is 9.97 Å². The fourth-order valence-corrected chi connectivity index (χ4v) is 1.42. The maximum atomic E-state index is 11.4. The molecular formula is C9H14BrN3O. The summed E-state index contributed by atoms with van der Waals surface area (Å²) >= 11 is 3.18. The lowest BCUT2D eigenvalue weighted by atomic mass is 10.4. The number of H-pyrrole nitrogens is 1. The minimum atomic E-state index is -0.126. The van der Waals surface area contributed by atoms with Crippen LogP contribution in [-0.2, 0) is 0 Å². The van der Waals surface area contributed by atoms with Crippen LogP contribution in [-0.4, -0.2) is 23.1 Å². The number of aromatic nitrogens is 2. The van der Waals surface area contributed by atoms with Gasteiger partial charge in [-0.15, -0.1) is 0 Å². The van der Waals surface area contributed by atoms with Gasteiger partial charge in [0.05, 0.1) is 5.69 Å². The number of aryl methyl sites for hydroxylation is 1. The molecule has 5 heteroatoms. The van der Waals surface area contributed by atoms with Crippen molar-refractivity contribution in [3.8, 4) is 0 Å². The van der Waals surface area contributed by atoms with Gasteiger partial charge in [0.1, 0.15) is 4.47 Å². The molecule has 0 saturated heterocycles. The average Bonchev–Trinajstić information content (AvgIpc) is 2.16. The van der Waals surface area contributed by atoms with E-state index in [9.17, 15) is 4.79 Å². The zero-order chi connectivity index (χ0) is 10.7. The van der Waals surface area contributed by atoms with E-state index >= 15 is 0 Å². The maximum Gasteiger partial charge on any atom is 0.266 e. The van der Waals surface area contributed by atoms with Crippen molar-refractivity contribution in [2.45, 2.75) is 20.8 Å². The van der Waals surface area contributed by atoms with E-state index in [0.717, 1.165) is 18.8 Å². The Bertz CT molecular complexity index is 371. The molecule has 78 valence electrons. The largest absolute Gasteiger partial charge is 0.343 e. The van der Waals surface area contributed by atoms with E-state index < -0.39 is 0 Å². The Hall–Kier alpha value is -0.840. The van der Waals surface area contributed by atoms with Crippen LogP contribution in [0.2, 0.25) is 0 Å². The first-order valence-electron chi connectivity index (χ1n) is 4.61. The molecule has 0 unspecified atom stereocenters. The number of nitrogens with zero attached hydrogens (tertiary/aromatic N) is 2. The van der Waals surface area contributed by atoms with Gasteiger partial charge in [0.15, 0.2) is 0 Å². The summed E-state index contributed by atoms with van der Waals surface area (Å²) in [6.45, 7) is 7.54. The summed E-state index contributed by atoms with van der Waals surface area (Å²) in [7, 11) is 0. The van der Waals surface area contributed by atoms with Crippen molar-refractivity contribution in [3.05, 3.63) is 20.5 Å². The molecule has 0 aromatic carbocycles. The lowest BCUT2D eigenvalue weighted by Gasteiger charge is -2.19. The van der Waals surface area contributed by atoms with Crippen molar-refractivity contribution in [2.75, 3.05) is 18.0 Å². The molecule has 1 aromatic heterocycles. The predicted molar refractivity (Wildman–Crippen MR) is 60.9 cm³/mol. The molecule has 0 bridgehead atoms. The molecule has 0 radical (unpaired) electrons. The van der Waals surface area contributed by atoms with Gasteiger partial charge in [-0.3, -0.25) is 9.78 Å². The lowest BCUT2D eigenvalue weighted by molar-refractivity contribution is 0.808. The zero-order valence-corrected chi connectivity index (χ0v) is 10.2. The quantitative estimate of drug-likeness (QED) is 0.899. The Kier molecular flexibility index (Phi) is 3.69. The first-order valence-corrected chi connectivity index (χ1v) is 5.40. The van der Waals surface area contributed by atoms with E-state index in [4.69, 9.17) is 0 Å². The molecule has 1 rings (SSSR count). The zero-order valence-electron chi connectivity index (χ0n) is 8.59. The third-order valence-electron chi connectivity index (χ3n) is 2.08. The molecule has 0 saturated carbocycles. The van der Waals surface area contributed by atoms with Crippen LogP contribution in [0.5, 0.6) is 0 Å². The standard InChI is InChI=1S/C9H14BrN3O/c1-4-13(5-2)9-11-6(3)7(10)8(14)12-9/h4-5H2,1-3H3,(H,11,12,14). The lowest BCUT2D eigenvalue weighted by Crippen LogP contribution is -2.27. The molecule has 0 fully saturated rings. The van der Waals surface area contributed by atoms with Gasteiger partial charge >= 0.3 is 0 Å². The fraction of sp³-hybridized carbons (Fsp3) is 0.556.